The lowest BCUT2D eigenvalue weighted by Gasteiger charge is -2.20. The topological polar surface area (TPSA) is 76.7 Å². The van der Waals surface area contributed by atoms with E-state index in [1.54, 1.807) is 36.4 Å². The highest BCUT2D eigenvalue weighted by Crippen LogP contribution is 2.32. The number of amides is 2. The number of hydrogen-bond acceptors (Lipinski definition) is 4. The van der Waals surface area contributed by atoms with Gasteiger partial charge in [-0.15, -0.1) is 0 Å². The van der Waals surface area contributed by atoms with Crippen molar-refractivity contribution in [3.8, 4) is 11.5 Å². The van der Waals surface area contributed by atoms with Crippen LogP contribution >= 0.6 is 0 Å². The number of carbonyl (C=O) groups is 2. The molecule has 6 nitrogen and oxygen atoms in total. The van der Waals surface area contributed by atoms with Gasteiger partial charge in [-0.1, -0.05) is 18.2 Å². The predicted octanol–water partition coefficient (Wildman–Crippen LogP) is 2.28. The second-order valence-corrected chi connectivity index (χ2v) is 4.67. The minimum absolute atomic E-state index is 0.105. The van der Waals surface area contributed by atoms with Gasteiger partial charge >= 0.3 is 0 Å². The summed E-state index contributed by atoms with van der Waals surface area (Å²) in [6.45, 7) is -0.105. The molecule has 2 aromatic carbocycles. The van der Waals surface area contributed by atoms with Crippen LogP contribution < -0.4 is 20.1 Å². The summed E-state index contributed by atoms with van der Waals surface area (Å²) in [6.07, 6.45) is 0. The average Bonchev–Trinajstić information content (AvgIpc) is 2.54. The SMILES string of the molecule is COc1ccccc1NC(=O)c1cccc2c1OCC(=O)N2. The van der Waals surface area contributed by atoms with Gasteiger partial charge in [-0.2, -0.15) is 0 Å². The van der Waals surface area contributed by atoms with Crippen molar-refractivity contribution in [1.29, 1.82) is 0 Å². The van der Waals surface area contributed by atoms with Crippen LogP contribution in [0.4, 0.5) is 11.4 Å². The zero-order chi connectivity index (χ0) is 15.5. The molecule has 0 radical (unpaired) electrons. The van der Waals surface area contributed by atoms with Crippen LogP contribution in [0.15, 0.2) is 42.5 Å². The summed E-state index contributed by atoms with van der Waals surface area (Å²) in [7, 11) is 1.54. The van der Waals surface area contributed by atoms with Crippen molar-refractivity contribution in [3.63, 3.8) is 0 Å². The molecule has 0 atom stereocenters. The minimum Gasteiger partial charge on any atom is -0.495 e. The Kier molecular flexibility index (Phi) is 3.65. The number of methoxy groups -OCH3 is 1. The lowest BCUT2D eigenvalue weighted by atomic mass is 10.1. The Balaban J connectivity index is 1.90. The number of carbonyl (C=O) groups excluding carboxylic acids is 2. The summed E-state index contributed by atoms with van der Waals surface area (Å²) in [5, 5.41) is 5.46. The third-order valence-corrected chi connectivity index (χ3v) is 3.24. The van der Waals surface area contributed by atoms with Crippen molar-refractivity contribution in [2.24, 2.45) is 0 Å². The van der Waals surface area contributed by atoms with Crippen LogP contribution in [0.1, 0.15) is 10.4 Å². The molecule has 112 valence electrons. The van der Waals surface area contributed by atoms with E-state index < -0.39 is 0 Å². The van der Waals surface area contributed by atoms with Crippen LogP contribution in [-0.4, -0.2) is 25.5 Å². The van der Waals surface area contributed by atoms with Gasteiger partial charge in [0.15, 0.2) is 12.4 Å². The molecule has 0 saturated carbocycles. The number of anilines is 2. The van der Waals surface area contributed by atoms with Gasteiger partial charge in [0.25, 0.3) is 11.8 Å². The Morgan fingerprint density at radius 2 is 2.05 bits per heavy atom. The molecule has 22 heavy (non-hydrogen) atoms. The van der Waals surface area contributed by atoms with Crippen LogP contribution in [0.25, 0.3) is 0 Å². The Bertz CT molecular complexity index is 743. The summed E-state index contributed by atoms with van der Waals surface area (Å²) in [5.41, 5.74) is 1.40. The summed E-state index contributed by atoms with van der Waals surface area (Å²) in [5.74, 6) is 0.358. The van der Waals surface area contributed by atoms with Crippen molar-refractivity contribution in [2.45, 2.75) is 0 Å². The molecule has 0 fully saturated rings. The van der Waals surface area contributed by atoms with Crippen molar-refractivity contribution in [1.82, 2.24) is 0 Å². The van der Waals surface area contributed by atoms with Gasteiger partial charge in [-0.3, -0.25) is 9.59 Å². The summed E-state index contributed by atoms with van der Waals surface area (Å²) >= 11 is 0. The van der Waals surface area contributed by atoms with Crippen molar-refractivity contribution < 1.29 is 19.1 Å². The number of ether oxygens (including phenoxy) is 2. The van der Waals surface area contributed by atoms with Gasteiger partial charge in [-0.05, 0) is 24.3 Å². The molecular weight excluding hydrogens is 284 g/mol. The van der Waals surface area contributed by atoms with E-state index >= 15 is 0 Å². The van der Waals surface area contributed by atoms with Gasteiger partial charge < -0.3 is 20.1 Å². The van der Waals surface area contributed by atoms with E-state index in [2.05, 4.69) is 10.6 Å². The highest BCUT2D eigenvalue weighted by molar-refractivity contribution is 6.09. The molecule has 2 amide bonds. The first-order chi connectivity index (χ1) is 10.7. The van der Waals surface area contributed by atoms with Gasteiger partial charge in [0, 0.05) is 0 Å². The Hall–Kier alpha value is -3.02. The second kappa shape index (κ2) is 5.77. The van der Waals surface area contributed by atoms with Gasteiger partial charge in [0.2, 0.25) is 0 Å². The van der Waals surface area contributed by atoms with Crippen molar-refractivity contribution >= 4 is 23.2 Å². The predicted molar refractivity (Wildman–Crippen MR) is 81.5 cm³/mol. The number of fused-ring (bicyclic) bond motifs is 1. The lowest BCUT2D eigenvalue weighted by Crippen LogP contribution is -2.27. The molecule has 3 rings (SSSR count). The molecule has 0 unspecified atom stereocenters. The van der Waals surface area contributed by atoms with E-state index in [1.165, 1.54) is 7.11 Å². The standard InChI is InChI=1S/C16H14N2O4/c1-21-13-8-3-2-6-11(13)18-16(20)10-5-4-7-12-15(10)22-9-14(19)17-12/h2-8H,9H2,1H3,(H,17,19)(H,18,20). The highest BCUT2D eigenvalue weighted by atomic mass is 16.5. The lowest BCUT2D eigenvalue weighted by molar-refractivity contribution is -0.118. The molecule has 2 N–H and O–H groups in total. The number of hydrogen-bond donors (Lipinski definition) is 2. The average molecular weight is 298 g/mol. The molecule has 0 spiro atoms. The number of para-hydroxylation sites is 3. The zero-order valence-corrected chi connectivity index (χ0v) is 11.9. The largest absolute Gasteiger partial charge is 0.495 e. The van der Waals surface area contributed by atoms with Gasteiger partial charge in [0.05, 0.1) is 24.0 Å². The van der Waals surface area contributed by atoms with E-state index in [0.29, 0.717) is 28.4 Å². The third-order valence-electron chi connectivity index (χ3n) is 3.24. The van der Waals surface area contributed by atoms with Gasteiger partial charge in [-0.25, -0.2) is 0 Å². The first-order valence-corrected chi connectivity index (χ1v) is 6.69. The molecule has 2 aromatic rings. The van der Waals surface area contributed by atoms with Crippen LogP contribution in [-0.2, 0) is 4.79 Å². The van der Waals surface area contributed by atoms with E-state index in [-0.39, 0.29) is 18.4 Å². The van der Waals surface area contributed by atoms with Crippen LogP contribution in [0.3, 0.4) is 0 Å². The van der Waals surface area contributed by atoms with E-state index in [9.17, 15) is 9.59 Å². The molecule has 0 bridgehead atoms. The van der Waals surface area contributed by atoms with E-state index in [1.807, 2.05) is 6.07 Å². The highest BCUT2D eigenvalue weighted by Gasteiger charge is 2.22. The van der Waals surface area contributed by atoms with Crippen LogP contribution in [0.2, 0.25) is 0 Å². The molecular formula is C16H14N2O4. The Labute approximate surface area is 127 Å². The number of nitrogens with one attached hydrogen (secondary N) is 2. The first kappa shape index (κ1) is 13.9. The molecule has 1 heterocycles. The summed E-state index contributed by atoms with van der Waals surface area (Å²) < 4.78 is 10.6. The molecule has 0 aromatic heterocycles. The Morgan fingerprint density at radius 3 is 2.86 bits per heavy atom. The quantitative estimate of drug-likeness (QED) is 0.911. The fraction of sp³-hybridized carbons (Fsp3) is 0.125. The molecule has 1 aliphatic rings. The second-order valence-electron chi connectivity index (χ2n) is 4.67. The fourth-order valence-corrected chi connectivity index (χ4v) is 2.23. The van der Waals surface area contributed by atoms with Crippen LogP contribution in [0, 0.1) is 0 Å². The van der Waals surface area contributed by atoms with E-state index in [4.69, 9.17) is 9.47 Å². The maximum absolute atomic E-state index is 12.5. The molecule has 0 aliphatic carbocycles. The maximum atomic E-state index is 12.5. The van der Waals surface area contributed by atoms with E-state index in [0.717, 1.165) is 0 Å². The molecule has 6 heteroatoms. The Morgan fingerprint density at radius 1 is 1.23 bits per heavy atom. The molecule has 1 aliphatic heterocycles. The summed E-state index contributed by atoms with van der Waals surface area (Å²) in [6, 6.07) is 12.1. The number of rotatable bonds is 3. The van der Waals surface area contributed by atoms with Crippen molar-refractivity contribution in [2.75, 3.05) is 24.4 Å². The maximum Gasteiger partial charge on any atom is 0.262 e. The monoisotopic (exact) mass is 298 g/mol. The number of benzene rings is 2. The van der Waals surface area contributed by atoms with Crippen LogP contribution in [0.5, 0.6) is 11.5 Å². The minimum atomic E-state index is -0.336. The first-order valence-electron chi connectivity index (χ1n) is 6.69. The van der Waals surface area contributed by atoms with Gasteiger partial charge in [0.1, 0.15) is 5.75 Å². The molecule has 0 saturated heterocycles. The third kappa shape index (κ3) is 2.58. The fourth-order valence-electron chi connectivity index (χ4n) is 2.23. The van der Waals surface area contributed by atoms with Crippen molar-refractivity contribution in [3.05, 3.63) is 48.0 Å². The smallest absolute Gasteiger partial charge is 0.262 e. The summed E-state index contributed by atoms with van der Waals surface area (Å²) in [4.78, 5) is 23.8. The zero-order valence-electron chi connectivity index (χ0n) is 11.9. The normalized spacial score (nSPS) is 12.7.